The fraction of sp³-hybridized carbons (Fsp3) is 0.125. The van der Waals surface area contributed by atoms with Crippen LogP contribution in [0.5, 0.6) is 11.5 Å². The van der Waals surface area contributed by atoms with Gasteiger partial charge in [0.15, 0.2) is 0 Å². The van der Waals surface area contributed by atoms with Gasteiger partial charge in [-0.1, -0.05) is 12.1 Å². The number of hydrogen-bond acceptors (Lipinski definition) is 6. The summed E-state index contributed by atoms with van der Waals surface area (Å²) in [7, 11) is 0. The minimum Gasteiger partial charge on any atom is -0.868 e. The van der Waals surface area contributed by atoms with Gasteiger partial charge in [-0.2, -0.15) is 5.10 Å². The Balaban J connectivity index is 2.02. The van der Waals surface area contributed by atoms with E-state index in [0.29, 0.717) is 23.5 Å². The van der Waals surface area contributed by atoms with Crippen molar-refractivity contribution in [2.45, 2.75) is 6.92 Å². The first-order valence-electron chi connectivity index (χ1n) is 7.03. The van der Waals surface area contributed by atoms with Crippen LogP contribution in [-0.4, -0.2) is 23.7 Å². The molecule has 0 spiro atoms. The number of rotatable bonds is 6. The van der Waals surface area contributed by atoms with Crippen molar-refractivity contribution in [3.8, 4) is 11.5 Å². The summed E-state index contributed by atoms with van der Waals surface area (Å²) in [4.78, 5) is 21.8. The summed E-state index contributed by atoms with van der Waals surface area (Å²) in [5.41, 5.74) is 2.47. The maximum Gasteiger partial charge on any atom is 0.271 e. The number of carbonyl (C=O) groups excluding carboxylic acids is 1. The molecule has 0 saturated carbocycles. The van der Waals surface area contributed by atoms with Crippen LogP contribution in [0.15, 0.2) is 47.6 Å². The molecule has 8 heteroatoms. The number of ether oxygens (including phenoxy) is 1. The van der Waals surface area contributed by atoms with Crippen LogP contribution in [0.4, 0.5) is 5.69 Å². The number of benzene rings is 2. The van der Waals surface area contributed by atoms with Crippen molar-refractivity contribution in [3.63, 3.8) is 0 Å². The van der Waals surface area contributed by atoms with E-state index in [4.69, 9.17) is 4.74 Å². The van der Waals surface area contributed by atoms with Gasteiger partial charge in [-0.3, -0.25) is 14.9 Å². The molecule has 0 heterocycles. The van der Waals surface area contributed by atoms with Crippen LogP contribution >= 0.6 is 0 Å². The number of amides is 1. The van der Waals surface area contributed by atoms with Crippen LogP contribution in [0.25, 0.3) is 0 Å². The molecule has 2 aromatic rings. The molecular weight excluding hydrogens is 314 g/mol. The van der Waals surface area contributed by atoms with Gasteiger partial charge in [0.25, 0.3) is 11.6 Å². The molecule has 8 nitrogen and oxygen atoms in total. The molecule has 0 saturated heterocycles. The van der Waals surface area contributed by atoms with E-state index in [1.807, 2.05) is 6.92 Å². The van der Waals surface area contributed by atoms with E-state index in [1.54, 1.807) is 24.3 Å². The largest absolute Gasteiger partial charge is 0.868 e. The summed E-state index contributed by atoms with van der Waals surface area (Å²) in [5, 5.41) is 25.7. The average Bonchev–Trinajstić information content (AvgIpc) is 2.57. The number of carbonyl (C=O) groups is 1. The summed E-state index contributed by atoms with van der Waals surface area (Å²) >= 11 is 0. The van der Waals surface area contributed by atoms with Gasteiger partial charge in [0.2, 0.25) is 0 Å². The van der Waals surface area contributed by atoms with E-state index in [0.717, 1.165) is 12.1 Å². The highest BCUT2D eigenvalue weighted by Crippen LogP contribution is 2.22. The minimum absolute atomic E-state index is 0.327. The Labute approximate surface area is 137 Å². The van der Waals surface area contributed by atoms with Gasteiger partial charge in [-0.25, -0.2) is 5.43 Å². The van der Waals surface area contributed by atoms with Gasteiger partial charge in [-0.15, -0.1) is 0 Å². The predicted octanol–water partition coefficient (Wildman–Crippen LogP) is 1.83. The zero-order valence-electron chi connectivity index (χ0n) is 12.8. The van der Waals surface area contributed by atoms with Gasteiger partial charge in [0.1, 0.15) is 5.75 Å². The lowest BCUT2D eigenvalue weighted by Gasteiger charge is -2.06. The maximum atomic E-state index is 11.9. The zero-order chi connectivity index (χ0) is 17.5. The molecular formula is C16H14N3O5-. The average molecular weight is 328 g/mol. The lowest BCUT2D eigenvalue weighted by atomic mass is 10.2. The monoisotopic (exact) mass is 328 g/mol. The molecule has 1 N–H and O–H groups in total. The topological polar surface area (TPSA) is 117 Å². The Hall–Kier alpha value is -3.42. The molecule has 124 valence electrons. The molecule has 0 bridgehead atoms. The summed E-state index contributed by atoms with van der Waals surface area (Å²) in [6, 6.07) is 10.1. The lowest BCUT2D eigenvalue weighted by molar-refractivity contribution is -0.398. The Morgan fingerprint density at radius 2 is 2.00 bits per heavy atom. The molecule has 0 aliphatic rings. The first kappa shape index (κ1) is 16.9. The summed E-state index contributed by atoms with van der Waals surface area (Å²) in [5.74, 6) is -0.470. The summed E-state index contributed by atoms with van der Waals surface area (Å²) in [6.45, 7) is 2.39. The van der Waals surface area contributed by atoms with Crippen molar-refractivity contribution in [2.75, 3.05) is 6.61 Å². The van der Waals surface area contributed by atoms with Crippen molar-refractivity contribution >= 4 is 17.8 Å². The molecule has 1 amide bonds. The van der Waals surface area contributed by atoms with Crippen LogP contribution in [0, 0.1) is 10.1 Å². The second kappa shape index (κ2) is 7.73. The number of nitrogens with zero attached hydrogens (tertiary/aromatic N) is 2. The molecule has 0 aliphatic heterocycles. The number of hydrazone groups is 1. The summed E-state index contributed by atoms with van der Waals surface area (Å²) in [6.07, 6.45) is 1.22. The number of hydrogen-bond donors (Lipinski definition) is 1. The Bertz CT molecular complexity index is 772. The predicted molar refractivity (Wildman–Crippen MR) is 85.2 cm³/mol. The lowest BCUT2D eigenvalue weighted by Crippen LogP contribution is -2.17. The van der Waals surface area contributed by atoms with Gasteiger partial charge < -0.3 is 9.84 Å². The molecule has 0 radical (unpaired) electrons. The van der Waals surface area contributed by atoms with E-state index in [1.165, 1.54) is 12.3 Å². The van der Waals surface area contributed by atoms with Crippen molar-refractivity contribution < 1.29 is 19.6 Å². The third-order valence-corrected chi connectivity index (χ3v) is 2.99. The van der Waals surface area contributed by atoms with Crippen molar-refractivity contribution in [2.24, 2.45) is 5.10 Å². The zero-order valence-corrected chi connectivity index (χ0v) is 12.8. The quantitative estimate of drug-likeness (QED) is 0.493. The third-order valence-electron chi connectivity index (χ3n) is 2.99. The number of nitro benzene ring substituents is 1. The standard InChI is InChI=1S/C16H15N3O5/c1-2-24-13-6-4-12(5-7-13)16(21)18-17-10-11-3-8-15(20)14(9-11)19(22)23/h3-10,20H,2H2,1H3,(H,18,21)/p-1/b17-10-. The highest BCUT2D eigenvalue weighted by molar-refractivity contribution is 5.95. The normalized spacial score (nSPS) is 10.5. The fourth-order valence-electron chi connectivity index (χ4n) is 1.86. The van der Waals surface area contributed by atoms with E-state index >= 15 is 0 Å². The maximum absolute atomic E-state index is 11.9. The molecule has 0 unspecified atom stereocenters. The van der Waals surface area contributed by atoms with E-state index < -0.39 is 22.3 Å². The van der Waals surface area contributed by atoms with E-state index in [9.17, 15) is 20.0 Å². The molecule has 0 fully saturated rings. The van der Waals surface area contributed by atoms with Gasteiger partial charge in [0, 0.05) is 17.2 Å². The molecule has 24 heavy (non-hydrogen) atoms. The van der Waals surface area contributed by atoms with Crippen LogP contribution < -0.4 is 15.3 Å². The fourth-order valence-corrected chi connectivity index (χ4v) is 1.86. The van der Waals surface area contributed by atoms with E-state index in [-0.39, 0.29) is 0 Å². The van der Waals surface area contributed by atoms with Gasteiger partial charge >= 0.3 is 0 Å². The van der Waals surface area contributed by atoms with Crippen molar-refractivity contribution in [1.29, 1.82) is 0 Å². The van der Waals surface area contributed by atoms with Crippen LogP contribution in [0.2, 0.25) is 0 Å². The Kier molecular flexibility index (Phi) is 5.45. The summed E-state index contributed by atoms with van der Waals surface area (Å²) < 4.78 is 5.28. The van der Waals surface area contributed by atoms with Gasteiger partial charge in [0.05, 0.1) is 17.7 Å². The first-order valence-corrected chi connectivity index (χ1v) is 7.03. The van der Waals surface area contributed by atoms with Crippen LogP contribution in [-0.2, 0) is 0 Å². The molecule has 2 rings (SSSR count). The van der Waals surface area contributed by atoms with Gasteiger partial charge in [-0.05, 0) is 36.9 Å². The van der Waals surface area contributed by atoms with Crippen LogP contribution in [0.1, 0.15) is 22.8 Å². The first-order chi connectivity index (χ1) is 11.5. The highest BCUT2D eigenvalue weighted by atomic mass is 16.6. The number of nitrogens with one attached hydrogen (secondary N) is 1. The molecule has 2 aromatic carbocycles. The van der Waals surface area contributed by atoms with E-state index in [2.05, 4.69) is 10.5 Å². The minimum atomic E-state index is -0.766. The van der Waals surface area contributed by atoms with Crippen molar-refractivity contribution in [1.82, 2.24) is 5.43 Å². The Morgan fingerprint density at radius 1 is 1.29 bits per heavy atom. The smallest absolute Gasteiger partial charge is 0.271 e. The molecule has 0 atom stereocenters. The number of nitro groups is 1. The third kappa shape index (κ3) is 4.29. The van der Waals surface area contributed by atoms with Crippen LogP contribution in [0.3, 0.4) is 0 Å². The molecule has 0 aliphatic carbocycles. The second-order valence-electron chi connectivity index (χ2n) is 4.64. The SMILES string of the molecule is CCOc1ccc(C(=O)N/N=C\c2ccc([O-])c([N+](=O)[O-])c2)cc1. The highest BCUT2D eigenvalue weighted by Gasteiger charge is 2.07. The second-order valence-corrected chi connectivity index (χ2v) is 4.64. The van der Waals surface area contributed by atoms with Crippen molar-refractivity contribution in [3.05, 3.63) is 63.7 Å². The Morgan fingerprint density at radius 3 is 2.62 bits per heavy atom. The molecule has 0 aromatic heterocycles.